The summed E-state index contributed by atoms with van der Waals surface area (Å²) in [4.78, 5) is 23.1. The van der Waals surface area contributed by atoms with Gasteiger partial charge >= 0.3 is 12.0 Å². The van der Waals surface area contributed by atoms with E-state index in [0.29, 0.717) is 19.4 Å². The monoisotopic (exact) mass is 300 g/mol. The lowest BCUT2D eigenvalue weighted by atomic mass is 9.75. The van der Waals surface area contributed by atoms with Crippen molar-refractivity contribution in [2.75, 3.05) is 13.7 Å². The summed E-state index contributed by atoms with van der Waals surface area (Å²) in [5, 5.41) is 14.6. The molecule has 1 rings (SSSR count). The highest BCUT2D eigenvalue weighted by atomic mass is 16.5. The van der Waals surface area contributed by atoms with Crippen LogP contribution in [-0.4, -0.2) is 42.9 Å². The van der Waals surface area contributed by atoms with E-state index in [4.69, 9.17) is 9.84 Å². The SMILES string of the molecule is COCCCC(NC(=O)NC1CCCC(C)(C)C1)C(=O)O. The first kappa shape index (κ1) is 17.8. The first-order chi connectivity index (χ1) is 9.84. The number of carboxylic acids is 1. The highest BCUT2D eigenvalue weighted by molar-refractivity contribution is 5.82. The van der Waals surface area contributed by atoms with Gasteiger partial charge in [0.1, 0.15) is 6.04 Å². The van der Waals surface area contributed by atoms with Crippen molar-refractivity contribution < 1.29 is 19.4 Å². The molecule has 0 spiro atoms. The fourth-order valence-electron chi connectivity index (χ4n) is 2.90. The number of hydrogen-bond donors (Lipinski definition) is 3. The quantitative estimate of drug-likeness (QED) is 0.629. The summed E-state index contributed by atoms with van der Waals surface area (Å²) in [5.41, 5.74) is 0.237. The summed E-state index contributed by atoms with van der Waals surface area (Å²) < 4.78 is 4.90. The third-order valence-corrected chi connectivity index (χ3v) is 3.99. The maximum absolute atomic E-state index is 12.0. The minimum atomic E-state index is -1.01. The van der Waals surface area contributed by atoms with Crippen molar-refractivity contribution in [3.8, 4) is 0 Å². The van der Waals surface area contributed by atoms with Gasteiger partial charge in [0.2, 0.25) is 0 Å². The fourth-order valence-corrected chi connectivity index (χ4v) is 2.90. The Morgan fingerprint density at radius 2 is 2.14 bits per heavy atom. The van der Waals surface area contributed by atoms with Crippen LogP contribution in [0.4, 0.5) is 4.79 Å². The van der Waals surface area contributed by atoms with Gasteiger partial charge in [-0.1, -0.05) is 20.3 Å². The molecule has 0 bridgehead atoms. The molecule has 0 aliphatic heterocycles. The largest absolute Gasteiger partial charge is 0.480 e. The van der Waals surface area contributed by atoms with Crippen molar-refractivity contribution in [2.45, 2.75) is 64.5 Å². The second-order valence-electron chi connectivity index (χ2n) is 6.60. The zero-order valence-electron chi connectivity index (χ0n) is 13.3. The van der Waals surface area contributed by atoms with E-state index in [1.807, 2.05) is 0 Å². The van der Waals surface area contributed by atoms with E-state index in [1.165, 1.54) is 6.42 Å². The van der Waals surface area contributed by atoms with E-state index < -0.39 is 12.0 Å². The average Bonchev–Trinajstić information content (AvgIpc) is 2.36. The third kappa shape index (κ3) is 6.80. The lowest BCUT2D eigenvalue weighted by Gasteiger charge is -2.35. The molecule has 0 radical (unpaired) electrons. The molecule has 0 heterocycles. The first-order valence-electron chi connectivity index (χ1n) is 7.63. The zero-order chi connectivity index (χ0) is 15.9. The highest BCUT2D eigenvalue weighted by Crippen LogP contribution is 2.34. The van der Waals surface area contributed by atoms with Gasteiger partial charge in [-0.05, 0) is 37.5 Å². The fraction of sp³-hybridized carbons (Fsp3) is 0.867. The lowest BCUT2D eigenvalue weighted by Crippen LogP contribution is -2.50. The number of ether oxygens (including phenoxy) is 1. The number of carbonyl (C=O) groups excluding carboxylic acids is 1. The lowest BCUT2D eigenvalue weighted by molar-refractivity contribution is -0.139. The number of rotatable bonds is 7. The van der Waals surface area contributed by atoms with Crippen LogP contribution < -0.4 is 10.6 Å². The van der Waals surface area contributed by atoms with E-state index >= 15 is 0 Å². The Balaban J connectivity index is 2.40. The molecule has 0 aromatic carbocycles. The smallest absolute Gasteiger partial charge is 0.326 e. The Bertz CT molecular complexity index is 358. The van der Waals surface area contributed by atoms with E-state index in [1.54, 1.807) is 7.11 Å². The average molecular weight is 300 g/mol. The van der Waals surface area contributed by atoms with Gasteiger partial charge < -0.3 is 20.5 Å². The number of carbonyl (C=O) groups is 2. The van der Waals surface area contributed by atoms with Crippen LogP contribution in [0.2, 0.25) is 0 Å². The van der Waals surface area contributed by atoms with Gasteiger partial charge in [-0.2, -0.15) is 0 Å². The van der Waals surface area contributed by atoms with Crippen LogP contribution in [0, 0.1) is 5.41 Å². The molecule has 2 unspecified atom stereocenters. The predicted octanol–water partition coefficient (Wildman–Crippen LogP) is 2.13. The number of urea groups is 1. The molecule has 1 fully saturated rings. The van der Waals surface area contributed by atoms with Crippen molar-refractivity contribution in [3.63, 3.8) is 0 Å². The standard InChI is InChI=1S/C15H28N2O4/c1-15(2)8-4-6-11(10-15)16-14(20)17-12(13(18)19)7-5-9-21-3/h11-12H,4-10H2,1-3H3,(H,18,19)(H2,16,17,20). The maximum Gasteiger partial charge on any atom is 0.326 e. The van der Waals surface area contributed by atoms with Gasteiger partial charge in [-0.25, -0.2) is 9.59 Å². The molecule has 6 heteroatoms. The molecule has 6 nitrogen and oxygen atoms in total. The summed E-state index contributed by atoms with van der Waals surface area (Å²) in [6.45, 7) is 4.89. The number of aliphatic carboxylic acids is 1. The van der Waals surface area contributed by atoms with Crippen molar-refractivity contribution in [2.24, 2.45) is 5.41 Å². The molecular formula is C15H28N2O4. The Morgan fingerprint density at radius 1 is 1.43 bits per heavy atom. The Labute approximate surface area is 126 Å². The van der Waals surface area contributed by atoms with Crippen LogP contribution in [0.25, 0.3) is 0 Å². The second kappa shape index (κ2) is 8.22. The Hall–Kier alpha value is -1.30. The normalized spacial score (nSPS) is 22.3. The van der Waals surface area contributed by atoms with Crippen LogP contribution in [0.1, 0.15) is 52.4 Å². The topological polar surface area (TPSA) is 87.7 Å². The minimum absolute atomic E-state index is 0.127. The second-order valence-corrected chi connectivity index (χ2v) is 6.60. The van der Waals surface area contributed by atoms with E-state index in [2.05, 4.69) is 24.5 Å². The molecule has 2 atom stereocenters. The molecule has 21 heavy (non-hydrogen) atoms. The molecule has 0 saturated heterocycles. The summed E-state index contributed by atoms with van der Waals surface area (Å²) in [6.07, 6.45) is 5.12. The van der Waals surface area contributed by atoms with E-state index in [0.717, 1.165) is 19.3 Å². The number of amides is 2. The van der Waals surface area contributed by atoms with E-state index in [-0.39, 0.29) is 17.5 Å². The summed E-state index contributed by atoms with van der Waals surface area (Å²) in [6, 6.07) is -1.12. The number of nitrogens with one attached hydrogen (secondary N) is 2. The van der Waals surface area contributed by atoms with Crippen molar-refractivity contribution in [1.29, 1.82) is 0 Å². The summed E-state index contributed by atoms with van der Waals surface area (Å²) in [5.74, 6) is -1.01. The van der Waals surface area contributed by atoms with Crippen LogP contribution in [-0.2, 0) is 9.53 Å². The van der Waals surface area contributed by atoms with Crippen molar-refractivity contribution in [1.82, 2.24) is 10.6 Å². The zero-order valence-corrected chi connectivity index (χ0v) is 13.3. The van der Waals surface area contributed by atoms with Gasteiger partial charge in [0.15, 0.2) is 0 Å². The Kier molecular flexibility index (Phi) is 6.95. The predicted molar refractivity (Wildman–Crippen MR) is 80.2 cm³/mol. The molecule has 3 N–H and O–H groups in total. The number of hydrogen-bond acceptors (Lipinski definition) is 3. The number of carboxylic acid groups (broad SMARTS) is 1. The minimum Gasteiger partial charge on any atom is -0.480 e. The molecule has 1 aliphatic rings. The molecule has 2 amide bonds. The molecular weight excluding hydrogens is 272 g/mol. The molecule has 0 aromatic heterocycles. The summed E-state index contributed by atoms with van der Waals surface area (Å²) >= 11 is 0. The van der Waals surface area contributed by atoms with E-state index in [9.17, 15) is 9.59 Å². The van der Waals surface area contributed by atoms with Crippen LogP contribution in [0.5, 0.6) is 0 Å². The third-order valence-electron chi connectivity index (χ3n) is 3.99. The van der Waals surface area contributed by atoms with Crippen molar-refractivity contribution in [3.05, 3.63) is 0 Å². The first-order valence-corrected chi connectivity index (χ1v) is 7.63. The van der Waals surface area contributed by atoms with Gasteiger partial charge in [-0.15, -0.1) is 0 Å². The molecule has 1 saturated carbocycles. The van der Waals surface area contributed by atoms with Crippen LogP contribution in [0.3, 0.4) is 0 Å². The highest BCUT2D eigenvalue weighted by Gasteiger charge is 2.29. The van der Waals surface area contributed by atoms with Gasteiger partial charge in [-0.3, -0.25) is 0 Å². The molecule has 0 aromatic rings. The number of methoxy groups -OCH3 is 1. The van der Waals surface area contributed by atoms with Crippen molar-refractivity contribution >= 4 is 12.0 Å². The summed E-state index contributed by atoms with van der Waals surface area (Å²) in [7, 11) is 1.57. The van der Waals surface area contributed by atoms with Gasteiger partial charge in [0, 0.05) is 19.8 Å². The Morgan fingerprint density at radius 3 is 2.71 bits per heavy atom. The maximum atomic E-state index is 12.0. The molecule has 122 valence electrons. The van der Waals surface area contributed by atoms with Gasteiger partial charge in [0.05, 0.1) is 0 Å². The van der Waals surface area contributed by atoms with Crippen LogP contribution in [0.15, 0.2) is 0 Å². The van der Waals surface area contributed by atoms with Crippen LogP contribution >= 0.6 is 0 Å². The van der Waals surface area contributed by atoms with Gasteiger partial charge in [0.25, 0.3) is 0 Å². The molecule has 1 aliphatic carbocycles.